The SMILES string of the molecule is OC1(CNCCn2cccc2)CCCCC1. The first-order chi connectivity index (χ1) is 7.79. The molecule has 90 valence electrons. The Bertz CT molecular complexity index is 289. The van der Waals surface area contributed by atoms with Gasteiger partial charge in [0.2, 0.25) is 0 Å². The summed E-state index contributed by atoms with van der Waals surface area (Å²) in [5, 5.41) is 13.6. The summed E-state index contributed by atoms with van der Waals surface area (Å²) >= 11 is 0. The van der Waals surface area contributed by atoms with Crippen LogP contribution in [0.15, 0.2) is 24.5 Å². The molecule has 0 aliphatic heterocycles. The molecule has 0 atom stereocenters. The van der Waals surface area contributed by atoms with Crippen LogP contribution in [0.2, 0.25) is 0 Å². The molecule has 1 heterocycles. The number of hydrogen-bond acceptors (Lipinski definition) is 2. The van der Waals surface area contributed by atoms with Crippen LogP contribution in [0.25, 0.3) is 0 Å². The Balaban J connectivity index is 1.63. The van der Waals surface area contributed by atoms with Crippen LogP contribution in [0, 0.1) is 0 Å². The molecule has 1 saturated carbocycles. The van der Waals surface area contributed by atoms with Crippen LogP contribution in [-0.4, -0.2) is 28.4 Å². The molecule has 16 heavy (non-hydrogen) atoms. The van der Waals surface area contributed by atoms with Gasteiger partial charge in [-0.3, -0.25) is 0 Å². The fourth-order valence-electron chi connectivity index (χ4n) is 2.44. The molecule has 1 aliphatic carbocycles. The predicted octanol–water partition coefficient (Wildman–Crippen LogP) is 1.77. The van der Waals surface area contributed by atoms with Crippen molar-refractivity contribution in [1.29, 1.82) is 0 Å². The Hall–Kier alpha value is -0.800. The van der Waals surface area contributed by atoms with Crippen LogP contribution < -0.4 is 5.32 Å². The summed E-state index contributed by atoms with van der Waals surface area (Å²) in [6, 6.07) is 4.07. The van der Waals surface area contributed by atoms with Gasteiger partial charge in [-0.2, -0.15) is 0 Å². The van der Waals surface area contributed by atoms with Gasteiger partial charge >= 0.3 is 0 Å². The quantitative estimate of drug-likeness (QED) is 0.745. The highest BCUT2D eigenvalue weighted by atomic mass is 16.3. The lowest BCUT2D eigenvalue weighted by Crippen LogP contribution is -2.42. The molecule has 0 aromatic carbocycles. The third-order valence-electron chi connectivity index (χ3n) is 3.45. The third kappa shape index (κ3) is 3.35. The van der Waals surface area contributed by atoms with Crippen LogP contribution in [0.3, 0.4) is 0 Å². The van der Waals surface area contributed by atoms with E-state index in [4.69, 9.17) is 0 Å². The van der Waals surface area contributed by atoms with Crippen molar-refractivity contribution in [1.82, 2.24) is 9.88 Å². The van der Waals surface area contributed by atoms with Gasteiger partial charge in [0.15, 0.2) is 0 Å². The van der Waals surface area contributed by atoms with E-state index >= 15 is 0 Å². The summed E-state index contributed by atoms with van der Waals surface area (Å²) in [6.07, 6.45) is 9.69. The van der Waals surface area contributed by atoms with Crippen LogP contribution in [0.5, 0.6) is 0 Å². The normalized spacial score (nSPS) is 19.8. The lowest BCUT2D eigenvalue weighted by Gasteiger charge is -2.32. The van der Waals surface area contributed by atoms with E-state index in [9.17, 15) is 5.11 Å². The average Bonchev–Trinajstić information content (AvgIpc) is 2.78. The lowest BCUT2D eigenvalue weighted by molar-refractivity contribution is 0.00495. The number of nitrogens with one attached hydrogen (secondary N) is 1. The number of aromatic nitrogens is 1. The molecule has 0 spiro atoms. The molecule has 1 aromatic rings. The molecular formula is C13H22N2O. The Kier molecular flexibility index (Phi) is 4.02. The molecule has 1 aromatic heterocycles. The Labute approximate surface area is 97.5 Å². The summed E-state index contributed by atoms with van der Waals surface area (Å²) < 4.78 is 2.15. The largest absolute Gasteiger partial charge is 0.389 e. The van der Waals surface area contributed by atoms with Gasteiger partial charge in [0.05, 0.1) is 5.60 Å². The van der Waals surface area contributed by atoms with Crippen LogP contribution in [0.1, 0.15) is 32.1 Å². The van der Waals surface area contributed by atoms with Gasteiger partial charge in [-0.1, -0.05) is 19.3 Å². The van der Waals surface area contributed by atoms with Gasteiger partial charge in [0, 0.05) is 32.0 Å². The van der Waals surface area contributed by atoms with Crippen molar-refractivity contribution in [2.45, 2.75) is 44.2 Å². The summed E-state index contributed by atoms with van der Waals surface area (Å²) in [4.78, 5) is 0. The van der Waals surface area contributed by atoms with E-state index < -0.39 is 5.60 Å². The highest BCUT2D eigenvalue weighted by molar-refractivity contribution is 4.90. The second-order valence-electron chi connectivity index (χ2n) is 4.88. The maximum absolute atomic E-state index is 10.3. The van der Waals surface area contributed by atoms with Gasteiger partial charge in [0.25, 0.3) is 0 Å². The van der Waals surface area contributed by atoms with E-state index in [1.54, 1.807) is 0 Å². The topological polar surface area (TPSA) is 37.2 Å². The summed E-state index contributed by atoms with van der Waals surface area (Å²) in [5.41, 5.74) is -0.436. The minimum absolute atomic E-state index is 0.436. The highest BCUT2D eigenvalue weighted by Gasteiger charge is 2.28. The highest BCUT2D eigenvalue weighted by Crippen LogP contribution is 2.27. The van der Waals surface area contributed by atoms with Crippen LogP contribution in [-0.2, 0) is 6.54 Å². The molecule has 3 nitrogen and oxygen atoms in total. The first-order valence-electron chi connectivity index (χ1n) is 6.32. The zero-order valence-corrected chi connectivity index (χ0v) is 9.86. The van der Waals surface area contributed by atoms with E-state index in [1.165, 1.54) is 19.3 Å². The van der Waals surface area contributed by atoms with Crippen molar-refractivity contribution in [3.63, 3.8) is 0 Å². The number of hydrogen-bond donors (Lipinski definition) is 2. The molecule has 2 rings (SSSR count). The Morgan fingerprint density at radius 2 is 1.81 bits per heavy atom. The molecule has 3 heteroatoms. The number of aliphatic hydroxyl groups is 1. The van der Waals surface area contributed by atoms with Gasteiger partial charge in [-0.05, 0) is 25.0 Å². The monoisotopic (exact) mass is 222 g/mol. The van der Waals surface area contributed by atoms with E-state index in [2.05, 4.69) is 22.3 Å². The van der Waals surface area contributed by atoms with E-state index in [-0.39, 0.29) is 0 Å². The van der Waals surface area contributed by atoms with Crippen molar-refractivity contribution < 1.29 is 5.11 Å². The van der Waals surface area contributed by atoms with Gasteiger partial charge in [-0.25, -0.2) is 0 Å². The maximum atomic E-state index is 10.3. The fraction of sp³-hybridized carbons (Fsp3) is 0.692. The van der Waals surface area contributed by atoms with Crippen molar-refractivity contribution in [3.8, 4) is 0 Å². The maximum Gasteiger partial charge on any atom is 0.0771 e. The van der Waals surface area contributed by atoms with Crippen LogP contribution >= 0.6 is 0 Å². The molecule has 0 radical (unpaired) electrons. The lowest BCUT2D eigenvalue weighted by atomic mass is 9.85. The van der Waals surface area contributed by atoms with Crippen molar-refractivity contribution in [2.75, 3.05) is 13.1 Å². The molecule has 1 aliphatic rings. The summed E-state index contributed by atoms with van der Waals surface area (Å²) in [5.74, 6) is 0. The van der Waals surface area contributed by atoms with Crippen molar-refractivity contribution >= 4 is 0 Å². The van der Waals surface area contributed by atoms with Gasteiger partial charge in [-0.15, -0.1) is 0 Å². The minimum atomic E-state index is -0.436. The molecule has 0 unspecified atom stereocenters. The first-order valence-corrected chi connectivity index (χ1v) is 6.32. The number of rotatable bonds is 5. The number of nitrogens with zero attached hydrogens (tertiary/aromatic N) is 1. The van der Waals surface area contributed by atoms with Crippen LogP contribution in [0.4, 0.5) is 0 Å². The van der Waals surface area contributed by atoms with Gasteiger partial charge < -0.3 is 15.0 Å². The predicted molar refractivity (Wildman–Crippen MR) is 65.3 cm³/mol. The Morgan fingerprint density at radius 1 is 1.12 bits per heavy atom. The first kappa shape index (κ1) is 11.7. The fourth-order valence-corrected chi connectivity index (χ4v) is 2.44. The molecule has 0 bridgehead atoms. The standard InChI is InChI=1S/C13H22N2O/c16-13(6-2-1-3-7-13)12-14-8-11-15-9-4-5-10-15/h4-5,9-10,14,16H,1-3,6-8,11-12H2. The third-order valence-corrected chi connectivity index (χ3v) is 3.45. The van der Waals surface area contributed by atoms with Crippen molar-refractivity contribution in [2.24, 2.45) is 0 Å². The smallest absolute Gasteiger partial charge is 0.0771 e. The van der Waals surface area contributed by atoms with Crippen molar-refractivity contribution in [3.05, 3.63) is 24.5 Å². The molecule has 0 amide bonds. The molecule has 1 fully saturated rings. The summed E-state index contributed by atoms with van der Waals surface area (Å²) in [7, 11) is 0. The Morgan fingerprint density at radius 3 is 2.50 bits per heavy atom. The second kappa shape index (κ2) is 5.51. The zero-order chi connectivity index (χ0) is 11.3. The van der Waals surface area contributed by atoms with Gasteiger partial charge in [0.1, 0.15) is 0 Å². The molecule has 2 N–H and O–H groups in total. The van der Waals surface area contributed by atoms with E-state index in [0.29, 0.717) is 0 Å². The molecular weight excluding hydrogens is 200 g/mol. The van der Waals surface area contributed by atoms with E-state index in [0.717, 1.165) is 32.5 Å². The zero-order valence-electron chi connectivity index (χ0n) is 9.86. The molecule has 0 saturated heterocycles. The second-order valence-corrected chi connectivity index (χ2v) is 4.88. The minimum Gasteiger partial charge on any atom is -0.389 e. The van der Waals surface area contributed by atoms with E-state index in [1.807, 2.05) is 12.1 Å². The summed E-state index contributed by atoms with van der Waals surface area (Å²) in [6.45, 7) is 2.65. The average molecular weight is 222 g/mol.